The first-order chi connectivity index (χ1) is 10.3. The minimum absolute atomic E-state index is 0.0159. The van der Waals surface area contributed by atoms with Crippen LogP contribution in [0.15, 0.2) is 54.9 Å². The highest BCUT2D eigenvalue weighted by Crippen LogP contribution is 2.20. The van der Waals surface area contributed by atoms with Crippen molar-refractivity contribution in [3.05, 3.63) is 60.4 Å². The largest absolute Gasteiger partial charge is 0.493 e. The molecule has 4 nitrogen and oxygen atoms in total. The lowest BCUT2D eigenvalue weighted by atomic mass is 10.1. The van der Waals surface area contributed by atoms with Crippen molar-refractivity contribution in [3.63, 3.8) is 0 Å². The minimum atomic E-state index is 0.0159. The van der Waals surface area contributed by atoms with Gasteiger partial charge in [0.15, 0.2) is 5.78 Å². The standard InChI is InChI=1S/C17H16N2O2/c1-2-21-17-10-6-3-7-13(17)16(20)11-19-12-18-14-8-4-5-9-15(14)19/h3-10,12H,2,11H2,1H3. The zero-order valence-corrected chi connectivity index (χ0v) is 11.8. The van der Waals surface area contributed by atoms with Gasteiger partial charge in [-0.25, -0.2) is 4.98 Å². The molecule has 21 heavy (non-hydrogen) atoms. The number of carbonyl (C=O) groups excluding carboxylic acids is 1. The van der Waals surface area contributed by atoms with Crippen LogP contribution in [0.25, 0.3) is 11.0 Å². The third-order valence-electron chi connectivity index (χ3n) is 3.33. The summed E-state index contributed by atoms with van der Waals surface area (Å²) in [5, 5.41) is 0. The molecular weight excluding hydrogens is 264 g/mol. The van der Waals surface area contributed by atoms with E-state index in [1.165, 1.54) is 0 Å². The molecule has 0 aliphatic heterocycles. The summed E-state index contributed by atoms with van der Waals surface area (Å²) < 4.78 is 7.38. The molecule has 0 amide bonds. The highest BCUT2D eigenvalue weighted by atomic mass is 16.5. The zero-order valence-electron chi connectivity index (χ0n) is 11.8. The van der Waals surface area contributed by atoms with Crippen LogP contribution in [-0.2, 0) is 6.54 Å². The second kappa shape index (κ2) is 5.79. The summed E-state index contributed by atoms with van der Waals surface area (Å²) in [5.74, 6) is 0.650. The van der Waals surface area contributed by atoms with Gasteiger partial charge in [0.25, 0.3) is 0 Å². The van der Waals surface area contributed by atoms with Crippen LogP contribution in [-0.4, -0.2) is 21.9 Å². The summed E-state index contributed by atoms with van der Waals surface area (Å²) in [6.45, 7) is 2.70. The first-order valence-electron chi connectivity index (χ1n) is 6.94. The highest BCUT2D eigenvalue weighted by Gasteiger charge is 2.13. The topological polar surface area (TPSA) is 44.1 Å². The number of nitrogens with zero attached hydrogens (tertiary/aromatic N) is 2. The molecule has 0 aliphatic rings. The number of imidazole rings is 1. The minimum Gasteiger partial charge on any atom is -0.493 e. The van der Waals surface area contributed by atoms with Gasteiger partial charge in [-0.05, 0) is 31.2 Å². The number of hydrogen-bond donors (Lipinski definition) is 0. The second-order valence-corrected chi connectivity index (χ2v) is 4.71. The van der Waals surface area contributed by atoms with Crippen LogP contribution in [0.3, 0.4) is 0 Å². The molecule has 0 radical (unpaired) electrons. The fourth-order valence-corrected chi connectivity index (χ4v) is 2.35. The second-order valence-electron chi connectivity index (χ2n) is 4.71. The molecule has 0 saturated carbocycles. The molecule has 0 aliphatic carbocycles. The summed E-state index contributed by atoms with van der Waals surface area (Å²) >= 11 is 0. The molecule has 4 heteroatoms. The van der Waals surface area contributed by atoms with Crippen molar-refractivity contribution >= 4 is 16.8 Å². The molecular formula is C17H16N2O2. The zero-order chi connectivity index (χ0) is 14.7. The molecule has 0 saturated heterocycles. The number of rotatable bonds is 5. The Balaban J connectivity index is 1.90. The lowest BCUT2D eigenvalue weighted by Crippen LogP contribution is -2.11. The number of para-hydroxylation sites is 3. The van der Waals surface area contributed by atoms with E-state index in [0.717, 1.165) is 11.0 Å². The molecule has 1 aromatic heterocycles. The van der Waals surface area contributed by atoms with Crippen LogP contribution in [0.1, 0.15) is 17.3 Å². The molecule has 3 aromatic rings. The van der Waals surface area contributed by atoms with Crippen LogP contribution in [0, 0.1) is 0 Å². The van der Waals surface area contributed by atoms with Crippen molar-refractivity contribution in [2.24, 2.45) is 0 Å². The third-order valence-corrected chi connectivity index (χ3v) is 3.33. The van der Waals surface area contributed by atoms with Crippen molar-refractivity contribution in [1.29, 1.82) is 0 Å². The van der Waals surface area contributed by atoms with Gasteiger partial charge < -0.3 is 9.30 Å². The summed E-state index contributed by atoms with van der Waals surface area (Å²) in [7, 11) is 0. The molecule has 0 N–H and O–H groups in total. The first kappa shape index (κ1) is 13.4. The Kier molecular flexibility index (Phi) is 3.69. The Morgan fingerprint density at radius 3 is 2.76 bits per heavy atom. The predicted molar refractivity (Wildman–Crippen MR) is 81.7 cm³/mol. The number of hydrogen-bond acceptors (Lipinski definition) is 3. The van der Waals surface area contributed by atoms with Gasteiger partial charge in [-0.1, -0.05) is 24.3 Å². The molecule has 1 heterocycles. The van der Waals surface area contributed by atoms with E-state index in [1.54, 1.807) is 12.4 Å². The smallest absolute Gasteiger partial charge is 0.186 e. The van der Waals surface area contributed by atoms with Crippen molar-refractivity contribution in [3.8, 4) is 5.75 Å². The number of aromatic nitrogens is 2. The van der Waals surface area contributed by atoms with E-state index in [9.17, 15) is 4.79 Å². The van der Waals surface area contributed by atoms with Crippen molar-refractivity contribution in [2.75, 3.05) is 6.61 Å². The average molecular weight is 280 g/mol. The number of ketones is 1. The van der Waals surface area contributed by atoms with Crippen LogP contribution >= 0.6 is 0 Å². The summed E-state index contributed by atoms with van der Waals surface area (Å²) in [6.07, 6.45) is 1.70. The summed E-state index contributed by atoms with van der Waals surface area (Å²) in [6, 6.07) is 15.1. The Hall–Kier alpha value is -2.62. The van der Waals surface area contributed by atoms with E-state index >= 15 is 0 Å². The van der Waals surface area contributed by atoms with Gasteiger partial charge in [-0.2, -0.15) is 0 Å². The van der Waals surface area contributed by atoms with E-state index in [-0.39, 0.29) is 12.3 Å². The van der Waals surface area contributed by atoms with E-state index in [2.05, 4.69) is 4.98 Å². The summed E-state index contributed by atoms with van der Waals surface area (Å²) in [4.78, 5) is 16.8. The van der Waals surface area contributed by atoms with Crippen LogP contribution in [0.5, 0.6) is 5.75 Å². The predicted octanol–water partition coefficient (Wildman–Crippen LogP) is 3.32. The van der Waals surface area contributed by atoms with E-state index in [1.807, 2.05) is 54.0 Å². The van der Waals surface area contributed by atoms with Gasteiger partial charge in [0.1, 0.15) is 5.75 Å². The van der Waals surface area contributed by atoms with Crippen molar-refractivity contribution < 1.29 is 9.53 Å². The Morgan fingerprint density at radius 1 is 1.14 bits per heavy atom. The first-order valence-corrected chi connectivity index (χ1v) is 6.94. The maximum Gasteiger partial charge on any atom is 0.186 e. The fourth-order valence-electron chi connectivity index (χ4n) is 2.35. The van der Waals surface area contributed by atoms with Gasteiger partial charge in [0, 0.05) is 0 Å². The Labute approximate surface area is 123 Å². The fraction of sp³-hybridized carbons (Fsp3) is 0.176. The molecule has 0 atom stereocenters. The molecule has 0 fully saturated rings. The molecule has 106 valence electrons. The SMILES string of the molecule is CCOc1ccccc1C(=O)Cn1cnc2ccccc21. The molecule has 0 spiro atoms. The van der Waals surface area contributed by atoms with Gasteiger partial charge in [0.2, 0.25) is 0 Å². The monoisotopic (exact) mass is 280 g/mol. The van der Waals surface area contributed by atoms with Crippen LogP contribution in [0.4, 0.5) is 0 Å². The normalized spacial score (nSPS) is 10.7. The molecule has 3 rings (SSSR count). The van der Waals surface area contributed by atoms with Gasteiger partial charge in [-0.3, -0.25) is 4.79 Å². The van der Waals surface area contributed by atoms with Gasteiger partial charge in [-0.15, -0.1) is 0 Å². The van der Waals surface area contributed by atoms with E-state index < -0.39 is 0 Å². The number of Topliss-reactive ketones (excluding diaryl/α,β-unsaturated/α-hetero) is 1. The van der Waals surface area contributed by atoms with E-state index in [4.69, 9.17) is 4.74 Å². The average Bonchev–Trinajstić information content (AvgIpc) is 2.91. The number of fused-ring (bicyclic) bond motifs is 1. The van der Waals surface area contributed by atoms with Crippen LogP contribution < -0.4 is 4.74 Å². The maximum absolute atomic E-state index is 12.5. The third kappa shape index (κ3) is 2.65. The quantitative estimate of drug-likeness (QED) is 0.673. The Morgan fingerprint density at radius 2 is 1.90 bits per heavy atom. The number of carbonyl (C=O) groups is 1. The summed E-state index contributed by atoms with van der Waals surface area (Å²) in [5.41, 5.74) is 2.46. The lowest BCUT2D eigenvalue weighted by Gasteiger charge is -2.09. The molecule has 0 bridgehead atoms. The molecule has 2 aromatic carbocycles. The number of ether oxygens (including phenoxy) is 1. The van der Waals surface area contributed by atoms with Crippen molar-refractivity contribution in [1.82, 2.24) is 9.55 Å². The van der Waals surface area contributed by atoms with Crippen molar-refractivity contribution in [2.45, 2.75) is 13.5 Å². The van der Waals surface area contributed by atoms with Crippen LogP contribution in [0.2, 0.25) is 0 Å². The lowest BCUT2D eigenvalue weighted by molar-refractivity contribution is 0.0969. The van der Waals surface area contributed by atoms with Gasteiger partial charge >= 0.3 is 0 Å². The van der Waals surface area contributed by atoms with Gasteiger partial charge in [0.05, 0.1) is 36.1 Å². The number of benzene rings is 2. The van der Waals surface area contributed by atoms with E-state index in [0.29, 0.717) is 17.9 Å². The Bertz CT molecular complexity index is 777. The maximum atomic E-state index is 12.5. The molecule has 0 unspecified atom stereocenters. The highest BCUT2D eigenvalue weighted by molar-refractivity contribution is 5.99.